The topological polar surface area (TPSA) is 42.7 Å². The number of benzene rings is 1. The van der Waals surface area contributed by atoms with Crippen LogP contribution in [0.2, 0.25) is 0 Å². The standard InChI is InChI=1S/C17H21NO3/c1-14-8-9-16(21-14)13-18(10-11-20-2)17(19)12-15-6-4-3-5-7-15/h3-9H,10-13H2,1-2H3. The molecule has 0 aliphatic heterocycles. The van der Waals surface area contributed by atoms with E-state index in [0.717, 1.165) is 17.1 Å². The summed E-state index contributed by atoms with van der Waals surface area (Å²) in [5.41, 5.74) is 1.01. The fourth-order valence-electron chi connectivity index (χ4n) is 2.13. The summed E-state index contributed by atoms with van der Waals surface area (Å²) in [5, 5.41) is 0. The van der Waals surface area contributed by atoms with Gasteiger partial charge in [0.2, 0.25) is 5.91 Å². The molecule has 2 aromatic rings. The summed E-state index contributed by atoms with van der Waals surface area (Å²) in [6.07, 6.45) is 0.393. The first-order valence-electron chi connectivity index (χ1n) is 7.05. The number of hydrogen-bond acceptors (Lipinski definition) is 3. The van der Waals surface area contributed by atoms with Crippen molar-refractivity contribution in [3.05, 3.63) is 59.5 Å². The zero-order valence-electron chi connectivity index (χ0n) is 12.5. The Balaban J connectivity index is 2.02. The molecule has 21 heavy (non-hydrogen) atoms. The fraction of sp³-hybridized carbons (Fsp3) is 0.353. The van der Waals surface area contributed by atoms with Gasteiger partial charge in [-0.1, -0.05) is 30.3 Å². The van der Waals surface area contributed by atoms with E-state index < -0.39 is 0 Å². The third-order valence-corrected chi connectivity index (χ3v) is 3.26. The maximum Gasteiger partial charge on any atom is 0.227 e. The van der Waals surface area contributed by atoms with Crippen molar-refractivity contribution in [3.63, 3.8) is 0 Å². The first-order valence-corrected chi connectivity index (χ1v) is 7.05. The number of hydrogen-bond donors (Lipinski definition) is 0. The van der Waals surface area contributed by atoms with Crippen LogP contribution in [0, 0.1) is 6.92 Å². The molecule has 0 aliphatic rings. The highest BCUT2D eigenvalue weighted by Crippen LogP contribution is 2.11. The minimum absolute atomic E-state index is 0.0762. The van der Waals surface area contributed by atoms with Crippen LogP contribution in [0.15, 0.2) is 46.9 Å². The highest BCUT2D eigenvalue weighted by Gasteiger charge is 2.15. The number of carbonyl (C=O) groups excluding carboxylic acids is 1. The fourth-order valence-corrected chi connectivity index (χ4v) is 2.13. The molecule has 0 unspecified atom stereocenters. The van der Waals surface area contributed by atoms with Crippen LogP contribution in [0.1, 0.15) is 17.1 Å². The molecule has 4 heteroatoms. The monoisotopic (exact) mass is 287 g/mol. The van der Waals surface area contributed by atoms with E-state index in [2.05, 4.69) is 0 Å². The van der Waals surface area contributed by atoms with E-state index in [1.807, 2.05) is 49.4 Å². The van der Waals surface area contributed by atoms with Gasteiger partial charge in [0.25, 0.3) is 0 Å². The van der Waals surface area contributed by atoms with Gasteiger partial charge in [-0.05, 0) is 24.6 Å². The van der Waals surface area contributed by atoms with E-state index in [9.17, 15) is 4.79 Å². The molecule has 0 atom stereocenters. The molecule has 0 saturated carbocycles. The molecule has 0 spiro atoms. The van der Waals surface area contributed by atoms with Gasteiger partial charge in [0.15, 0.2) is 0 Å². The molecule has 4 nitrogen and oxygen atoms in total. The van der Waals surface area contributed by atoms with Crippen LogP contribution in [0.3, 0.4) is 0 Å². The van der Waals surface area contributed by atoms with Crippen LogP contribution in [-0.2, 0) is 22.5 Å². The average molecular weight is 287 g/mol. The highest BCUT2D eigenvalue weighted by atomic mass is 16.5. The molecular formula is C17H21NO3. The van der Waals surface area contributed by atoms with Gasteiger partial charge < -0.3 is 14.1 Å². The van der Waals surface area contributed by atoms with Crippen molar-refractivity contribution in [1.82, 2.24) is 4.90 Å². The summed E-state index contributed by atoms with van der Waals surface area (Å²) >= 11 is 0. The first kappa shape index (κ1) is 15.3. The van der Waals surface area contributed by atoms with Crippen molar-refractivity contribution < 1.29 is 13.9 Å². The van der Waals surface area contributed by atoms with E-state index in [0.29, 0.717) is 26.1 Å². The Morgan fingerprint density at radius 2 is 1.95 bits per heavy atom. The Morgan fingerprint density at radius 3 is 2.57 bits per heavy atom. The second-order valence-corrected chi connectivity index (χ2v) is 4.98. The zero-order valence-corrected chi connectivity index (χ0v) is 12.5. The van der Waals surface area contributed by atoms with Gasteiger partial charge in [-0.25, -0.2) is 0 Å². The molecule has 1 aromatic heterocycles. The van der Waals surface area contributed by atoms with Gasteiger partial charge in [0.05, 0.1) is 19.6 Å². The van der Waals surface area contributed by atoms with Crippen molar-refractivity contribution in [2.75, 3.05) is 20.3 Å². The Bertz CT molecular complexity index is 562. The van der Waals surface area contributed by atoms with Crippen molar-refractivity contribution >= 4 is 5.91 Å². The largest absolute Gasteiger partial charge is 0.464 e. The molecule has 112 valence electrons. The van der Waals surface area contributed by atoms with Gasteiger partial charge in [-0.15, -0.1) is 0 Å². The van der Waals surface area contributed by atoms with Gasteiger partial charge >= 0.3 is 0 Å². The third-order valence-electron chi connectivity index (χ3n) is 3.26. The molecular weight excluding hydrogens is 266 g/mol. The average Bonchev–Trinajstić information content (AvgIpc) is 2.89. The molecule has 0 radical (unpaired) electrons. The van der Waals surface area contributed by atoms with Crippen LogP contribution in [0.5, 0.6) is 0 Å². The van der Waals surface area contributed by atoms with Crippen LogP contribution < -0.4 is 0 Å². The normalized spacial score (nSPS) is 10.6. The lowest BCUT2D eigenvalue weighted by atomic mass is 10.1. The van der Waals surface area contributed by atoms with Crippen molar-refractivity contribution in [2.24, 2.45) is 0 Å². The lowest BCUT2D eigenvalue weighted by Crippen LogP contribution is -2.34. The maximum absolute atomic E-state index is 12.5. The minimum Gasteiger partial charge on any atom is -0.464 e. The SMILES string of the molecule is COCCN(Cc1ccc(C)o1)C(=O)Cc1ccccc1. The summed E-state index contributed by atoms with van der Waals surface area (Å²) in [4.78, 5) is 14.2. The lowest BCUT2D eigenvalue weighted by Gasteiger charge is -2.21. The Morgan fingerprint density at radius 1 is 1.19 bits per heavy atom. The number of ether oxygens (including phenoxy) is 1. The predicted octanol–water partition coefficient (Wildman–Crippen LogP) is 2.81. The third kappa shape index (κ3) is 4.76. The molecule has 0 fully saturated rings. The Labute approximate surface area is 125 Å². The summed E-state index contributed by atoms with van der Waals surface area (Å²) in [6.45, 7) is 3.44. The maximum atomic E-state index is 12.5. The number of furan rings is 1. The highest BCUT2D eigenvalue weighted by molar-refractivity contribution is 5.78. The molecule has 0 bridgehead atoms. The van der Waals surface area contributed by atoms with Gasteiger partial charge in [0, 0.05) is 13.7 Å². The van der Waals surface area contributed by atoms with Crippen molar-refractivity contribution in [2.45, 2.75) is 19.9 Å². The van der Waals surface area contributed by atoms with Crippen LogP contribution >= 0.6 is 0 Å². The molecule has 1 amide bonds. The number of aryl methyl sites for hydroxylation is 1. The van der Waals surface area contributed by atoms with Crippen LogP contribution in [-0.4, -0.2) is 31.1 Å². The van der Waals surface area contributed by atoms with E-state index in [-0.39, 0.29) is 5.91 Å². The van der Waals surface area contributed by atoms with Gasteiger partial charge in [-0.2, -0.15) is 0 Å². The molecule has 0 N–H and O–H groups in total. The van der Waals surface area contributed by atoms with Crippen LogP contribution in [0.25, 0.3) is 0 Å². The summed E-state index contributed by atoms with van der Waals surface area (Å²) in [6, 6.07) is 13.6. The Hall–Kier alpha value is -2.07. The van der Waals surface area contributed by atoms with Gasteiger partial charge in [-0.3, -0.25) is 4.79 Å². The second-order valence-electron chi connectivity index (χ2n) is 4.98. The lowest BCUT2D eigenvalue weighted by molar-refractivity contribution is -0.132. The number of nitrogens with zero attached hydrogens (tertiary/aromatic N) is 1. The molecule has 0 saturated heterocycles. The first-order chi connectivity index (χ1) is 10.2. The summed E-state index contributed by atoms with van der Waals surface area (Å²) in [5.74, 6) is 1.73. The molecule has 2 rings (SSSR count). The van der Waals surface area contributed by atoms with Crippen LogP contribution in [0.4, 0.5) is 0 Å². The quantitative estimate of drug-likeness (QED) is 0.786. The second kappa shape index (κ2) is 7.64. The molecule has 0 aliphatic carbocycles. The van der Waals surface area contributed by atoms with E-state index in [1.54, 1.807) is 12.0 Å². The van der Waals surface area contributed by atoms with E-state index >= 15 is 0 Å². The molecule has 1 aromatic carbocycles. The Kier molecular flexibility index (Phi) is 5.58. The number of rotatable bonds is 7. The summed E-state index contributed by atoms with van der Waals surface area (Å²) in [7, 11) is 1.64. The number of methoxy groups -OCH3 is 1. The minimum atomic E-state index is 0.0762. The van der Waals surface area contributed by atoms with Gasteiger partial charge in [0.1, 0.15) is 11.5 Å². The predicted molar refractivity (Wildman–Crippen MR) is 80.9 cm³/mol. The van der Waals surface area contributed by atoms with E-state index in [4.69, 9.17) is 9.15 Å². The zero-order chi connectivity index (χ0) is 15.1. The number of amides is 1. The number of carbonyl (C=O) groups is 1. The van der Waals surface area contributed by atoms with Crippen molar-refractivity contribution in [1.29, 1.82) is 0 Å². The molecule has 1 heterocycles. The summed E-state index contributed by atoms with van der Waals surface area (Å²) < 4.78 is 10.7. The van der Waals surface area contributed by atoms with Crippen molar-refractivity contribution in [3.8, 4) is 0 Å². The van der Waals surface area contributed by atoms with E-state index in [1.165, 1.54) is 0 Å². The smallest absolute Gasteiger partial charge is 0.227 e.